The van der Waals surface area contributed by atoms with Gasteiger partial charge in [0.1, 0.15) is 0 Å². The molecule has 14 rings (SSSR count). The number of para-hydroxylation sites is 2. The van der Waals surface area contributed by atoms with Crippen molar-refractivity contribution < 1.29 is 0 Å². The molecule has 10 aromatic carbocycles. The van der Waals surface area contributed by atoms with Crippen LogP contribution in [0, 0.1) is 0 Å². The molecule has 2 aliphatic carbocycles. The van der Waals surface area contributed by atoms with Crippen molar-refractivity contribution in [3.8, 4) is 67.0 Å². The van der Waals surface area contributed by atoms with Crippen LogP contribution in [-0.4, -0.2) is 9.13 Å². The molecule has 0 atom stereocenters. The summed E-state index contributed by atoms with van der Waals surface area (Å²) < 4.78 is 4.87. The van der Waals surface area contributed by atoms with E-state index in [0.717, 1.165) is 12.1 Å². The predicted molar refractivity (Wildman–Crippen MR) is 256 cm³/mol. The van der Waals surface area contributed by atoms with E-state index in [2.05, 4.69) is 215 Å². The quantitative estimate of drug-likeness (QED) is 0.169. The van der Waals surface area contributed by atoms with Crippen molar-refractivity contribution in [2.75, 3.05) is 0 Å². The van der Waals surface area contributed by atoms with Gasteiger partial charge in [-0.05, 0) is 157 Å². The molecule has 0 saturated carbocycles. The Bertz CT molecular complexity index is 3840. The SMILES string of the molecule is c1ccc2c(c1)Cc1ccc(-n3c4ccccc4c4cc(-c5ccc6c(c5)c5ccccc5n6-c5ccc(-c6cc7c8c(cccc8c6)-c6ccccc6-7)cc5)ccc43)cc1-2. The number of rotatable bonds is 4. The predicted octanol–water partition coefficient (Wildman–Crippen LogP) is 15.6. The van der Waals surface area contributed by atoms with Crippen LogP contribution < -0.4 is 0 Å². The Morgan fingerprint density at radius 2 is 0.820 bits per heavy atom. The largest absolute Gasteiger partial charge is 0.309 e. The van der Waals surface area contributed by atoms with Crippen molar-refractivity contribution in [3.63, 3.8) is 0 Å². The molecular weight excluding hydrogens is 737 g/mol. The van der Waals surface area contributed by atoms with E-state index in [1.165, 1.54) is 127 Å². The van der Waals surface area contributed by atoms with E-state index < -0.39 is 0 Å². The highest BCUT2D eigenvalue weighted by Gasteiger charge is 2.23. The maximum atomic E-state index is 2.45. The Hall–Kier alpha value is -7.94. The van der Waals surface area contributed by atoms with Crippen LogP contribution in [0.4, 0.5) is 0 Å². The van der Waals surface area contributed by atoms with Crippen molar-refractivity contribution in [1.29, 1.82) is 0 Å². The molecule has 0 spiro atoms. The Morgan fingerprint density at radius 1 is 0.279 bits per heavy atom. The number of aromatic nitrogens is 2. The van der Waals surface area contributed by atoms with Gasteiger partial charge in [-0.15, -0.1) is 0 Å². The molecule has 0 bridgehead atoms. The lowest BCUT2D eigenvalue weighted by Crippen LogP contribution is -1.95. The normalized spacial score (nSPS) is 12.5. The first-order chi connectivity index (χ1) is 30.2. The smallest absolute Gasteiger partial charge is 0.0541 e. The van der Waals surface area contributed by atoms with Gasteiger partial charge >= 0.3 is 0 Å². The van der Waals surface area contributed by atoms with Gasteiger partial charge in [0.25, 0.3) is 0 Å². The van der Waals surface area contributed by atoms with Gasteiger partial charge in [0.2, 0.25) is 0 Å². The van der Waals surface area contributed by atoms with Gasteiger partial charge in [-0.1, -0.05) is 133 Å². The summed E-state index contributed by atoms with van der Waals surface area (Å²) in [6.45, 7) is 0. The zero-order valence-corrected chi connectivity index (χ0v) is 33.2. The average Bonchev–Trinajstić information content (AvgIpc) is 4.06. The summed E-state index contributed by atoms with van der Waals surface area (Å²) >= 11 is 0. The molecule has 0 saturated heterocycles. The first-order valence-corrected chi connectivity index (χ1v) is 21.3. The maximum Gasteiger partial charge on any atom is 0.0541 e. The fraction of sp³-hybridized carbons (Fsp3) is 0.0169. The topological polar surface area (TPSA) is 9.86 Å². The van der Waals surface area contributed by atoms with Gasteiger partial charge in [-0.3, -0.25) is 0 Å². The van der Waals surface area contributed by atoms with Crippen LogP contribution in [0.25, 0.3) is 121 Å². The Morgan fingerprint density at radius 3 is 1.54 bits per heavy atom. The minimum atomic E-state index is 1.00. The van der Waals surface area contributed by atoms with Crippen molar-refractivity contribution in [2.45, 2.75) is 6.42 Å². The number of hydrogen-bond donors (Lipinski definition) is 0. The molecule has 0 unspecified atom stereocenters. The third-order valence-electron chi connectivity index (χ3n) is 13.7. The Kier molecular flexibility index (Phi) is 6.64. The second-order valence-corrected chi connectivity index (χ2v) is 16.9. The summed E-state index contributed by atoms with van der Waals surface area (Å²) in [5.41, 5.74) is 23.0. The van der Waals surface area contributed by atoms with Gasteiger partial charge in [-0.2, -0.15) is 0 Å². The number of fused-ring (bicyclic) bond motifs is 12. The van der Waals surface area contributed by atoms with E-state index in [1.807, 2.05) is 0 Å². The molecule has 2 heteroatoms. The Balaban J connectivity index is 0.864. The summed E-state index contributed by atoms with van der Waals surface area (Å²) in [4.78, 5) is 0. The van der Waals surface area contributed by atoms with E-state index in [0.29, 0.717) is 0 Å². The number of nitrogens with zero attached hydrogens (tertiary/aromatic N) is 2. The average molecular weight is 773 g/mol. The second kappa shape index (κ2) is 12.3. The molecule has 2 heterocycles. The highest BCUT2D eigenvalue weighted by atomic mass is 15.0. The molecule has 2 aromatic heterocycles. The van der Waals surface area contributed by atoms with Crippen LogP contribution in [0.5, 0.6) is 0 Å². The van der Waals surface area contributed by atoms with Gasteiger partial charge in [0.05, 0.1) is 22.1 Å². The van der Waals surface area contributed by atoms with E-state index in [9.17, 15) is 0 Å². The van der Waals surface area contributed by atoms with Crippen molar-refractivity contribution >= 4 is 54.4 Å². The van der Waals surface area contributed by atoms with Crippen LogP contribution >= 0.6 is 0 Å². The lowest BCUT2D eigenvalue weighted by molar-refractivity contribution is 1.17. The zero-order valence-electron chi connectivity index (χ0n) is 33.2. The minimum absolute atomic E-state index is 1.00. The molecule has 12 aromatic rings. The van der Waals surface area contributed by atoms with Crippen LogP contribution in [0.15, 0.2) is 206 Å². The molecular formula is C59H36N2. The van der Waals surface area contributed by atoms with E-state index >= 15 is 0 Å². The standard InChI is InChI=1S/C59H36N2/c1-2-12-45-39(10-1)30-40-22-27-44(35-51(40)45)61-56-19-8-6-16-49(56)53-33-38(24-29-58(53)61)37-23-28-57-52(32-37)48-15-5-7-18-55(48)60(57)43-25-20-36(21-26-43)42-31-41-11-9-17-50-46-13-3-4-14-47(46)54(34-42)59(41)50/h1-29,31-35H,30H2. The number of benzene rings is 10. The first kappa shape index (κ1) is 33.0. The fourth-order valence-electron chi connectivity index (χ4n) is 10.9. The lowest BCUT2D eigenvalue weighted by atomic mass is 9.96. The highest BCUT2D eigenvalue weighted by molar-refractivity contribution is 6.17. The van der Waals surface area contributed by atoms with E-state index in [-0.39, 0.29) is 0 Å². The van der Waals surface area contributed by atoms with Crippen molar-refractivity contribution in [1.82, 2.24) is 9.13 Å². The van der Waals surface area contributed by atoms with Gasteiger partial charge in [0, 0.05) is 32.9 Å². The minimum Gasteiger partial charge on any atom is -0.309 e. The summed E-state index contributed by atoms with van der Waals surface area (Å²) in [5.74, 6) is 0. The van der Waals surface area contributed by atoms with E-state index in [1.54, 1.807) is 0 Å². The molecule has 0 amide bonds. The highest BCUT2D eigenvalue weighted by Crippen LogP contribution is 2.49. The van der Waals surface area contributed by atoms with E-state index in [4.69, 9.17) is 0 Å². The Labute approximate surface area is 352 Å². The second-order valence-electron chi connectivity index (χ2n) is 16.9. The third kappa shape index (κ3) is 4.67. The van der Waals surface area contributed by atoms with Crippen molar-refractivity contribution in [2.24, 2.45) is 0 Å². The monoisotopic (exact) mass is 772 g/mol. The lowest BCUT2D eigenvalue weighted by Gasteiger charge is -2.12. The van der Waals surface area contributed by atoms with Gasteiger partial charge in [-0.25, -0.2) is 0 Å². The molecule has 0 aliphatic heterocycles. The van der Waals surface area contributed by atoms with Crippen LogP contribution in [-0.2, 0) is 6.42 Å². The summed E-state index contributed by atoms with van der Waals surface area (Å²) in [5, 5.41) is 7.70. The van der Waals surface area contributed by atoms with Gasteiger partial charge < -0.3 is 9.13 Å². The molecule has 0 radical (unpaired) electrons. The molecule has 0 fully saturated rings. The van der Waals surface area contributed by atoms with Crippen LogP contribution in [0.2, 0.25) is 0 Å². The zero-order chi connectivity index (χ0) is 39.8. The molecule has 2 nitrogen and oxygen atoms in total. The van der Waals surface area contributed by atoms with Gasteiger partial charge in [0.15, 0.2) is 0 Å². The summed E-state index contributed by atoms with van der Waals surface area (Å²) in [6.07, 6.45) is 1.00. The number of hydrogen-bond acceptors (Lipinski definition) is 0. The molecule has 282 valence electrons. The summed E-state index contributed by atoms with van der Waals surface area (Å²) in [6, 6.07) is 77.0. The van der Waals surface area contributed by atoms with Crippen LogP contribution in [0.1, 0.15) is 11.1 Å². The molecule has 61 heavy (non-hydrogen) atoms. The molecule has 0 N–H and O–H groups in total. The molecule has 2 aliphatic rings. The van der Waals surface area contributed by atoms with Crippen molar-refractivity contribution in [3.05, 3.63) is 217 Å². The maximum absolute atomic E-state index is 2.45. The third-order valence-corrected chi connectivity index (χ3v) is 13.7. The first-order valence-electron chi connectivity index (χ1n) is 21.3. The fourth-order valence-corrected chi connectivity index (χ4v) is 10.9. The van der Waals surface area contributed by atoms with Crippen LogP contribution in [0.3, 0.4) is 0 Å². The summed E-state index contributed by atoms with van der Waals surface area (Å²) in [7, 11) is 0.